The topological polar surface area (TPSA) is 20.3 Å². The normalized spacial score (nSPS) is 17.1. The van der Waals surface area contributed by atoms with Gasteiger partial charge in [-0.3, -0.25) is 9.69 Å². The van der Waals surface area contributed by atoms with Gasteiger partial charge in [0.2, 0.25) is 0 Å². The molecule has 1 aliphatic carbocycles. The van der Waals surface area contributed by atoms with Crippen molar-refractivity contribution in [1.29, 1.82) is 0 Å². The van der Waals surface area contributed by atoms with E-state index >= 15 is 0 Å². The maximum atomic E-state index is 12.9. The minimum Gasteiger partial charge on any atom is -0.298 e. The lowest BCUT2D eigenvalue weighted by Gasteiger charge is -2.30. The third-order valence-electron chi connectivity index (χ3n) is 4.88. The summed E-state index contributed by atoms with van der Waals surface area (Å²) >= 11 is 0. The molecule has 116 valence electrons. The standard InChI is InChI=1S/C20H25NO/c1-13(2)21(14(3)4)12-19(22)18-11-16-9-5-7-15-8-6-10-17(18)20(15)16/h5-10,13-14,18H,11-12H2,1-4H3. The maximum absolute atomic E-state index is 12.9. The van der Waals surface area contributed by atoms with E-state index < -0.39 is 0 Å². The highest BCUT2D eigenvalue weighted by Crippen LogP contribution is 2.38. The van der Waals surface area contributed by atoms with Gasteiger partial charge in [0, 0.05) is 18.0 Å². The van der Waals surface area contributed by atoms with Crippen molar-refractivity contribution in [3.8, 4) is 0 Å². The number of carbonyl (C=O) groups excluding carboxylic acids is 1. The van der Waals surface area contributed by atoms with Gasteiger partial charge in [-0.25, -0.2) is 0 Å². The van der Waals surface area contributed by atoms with Crippen LogP contribution in [0, 0.1) is 0 Å². The maximum Gasteiger partial charge on any atom is 0.154 e. The Balaban J connectivity index is 1.89. The quantitative estimate of drug-likeness (QED) is 0.825. The molecule has 0 fully saturated rings. The van der Waals surface area contributed by atoms with E-state index in [1.54, 1.807) is 0 Å². The Morgan fingerprint density at radius 2 is 1.73 bits per heavy atom. The van der Waals surface area contributed by atoms with Crippen LogP contribution in [0.1, 0.15) is 44.7 Å². The van der Waals surface area contributed by atoms with Crippen molar-refractivity contribution in [2.75, 3.05) is 6.54 Å². The first kappa shape index (κ1) is 15.2. The fourth-order valence-corrected chi connectivity index (χ4v) is 3.78. The van der Waals surface area contributed by atoms with Crippen LogP contribution in [-0.2, 0) is 11.2 Å². The van der Waals surface area contributed by atoms with Gasteiger partial charge in [-0.2, -0.15) is 0 Å². The van der Waals surface area contributed by atoms with Crippen LogP contribution in [0.3, 0.4) is 0 Å². The van der Waals surface area contributed by atoms with Crippen LogP contribution >= 0.6 is 0 Å². The number of hydrogen-bond acceptors (Lipinski definition) is 2. The second-order valence-electron chi connectivity index (χ2n) is 6.95. The van der Waals surface area contributed by atoms with Gasteiger partial charge in [0.05, 0.1) is 6.54 Å². The van der Waals surface area contributed by atoms with Crippen LogP contribution < -0.4 is 0 Å². The monoisotopic (exact) mass is 295 g/mol. The van der Waals surface area contributed by atoms with E-state index in [1.807, 2.05) is 0 Å². The molecule has 0 aliphatic heterocycles. The molecule has 0 radical (unpaired) electrons. The van der Waals surface area contributed by atoms with Gasteiger partial charge >= 0.3 is 0 Å². The molecule has 0 saturated heterocycles. The van der Waals surface area contributed by atoms with E-state index in [9.17, 15) is 4.79 Å². The molecule has 2 aromatic rings. The zero-order valence-corrected chi connectivity index (χ0v) is 14.0. The summed E-state index contributed by atoms with van der Waals surface area (Å²) in [6.45, 7) is 9.20. The van der Waals surface area contributed by atoms with Crippen molar-refractivity contribution in [2.45, 2.75) is 52.1 Å². The predicted octanol–water partition coefficient (Wildman–Crippen LogP) is 4.17. The summed E-state index contributed by atoms with van der Waals surface area (Å²) in [6.07, 6.45) is 0.861. The molecule has 1 unspecified atom stereocenters. The number of Topliss-reactive ketones (excluding diaryl/α,β-unsaturated/α-hetero) is 1. The minimum absolute atomic E-state index is 0.0288. The molecule has 2 nitrogen and oxygen atoms in total. The summed E-state index contributed by atoms with van der Waals surface area (Å²) in [4.78, 5) is 15.2. The lowest BCUT2D eigenvalue weighted by Crippen LogP contribution is -2.42. The molecule has 0 spiro atoms. The summed E-state index contributed by atoms with van der Waals surface area (Å²) in [7, 11) is 0. The summed E-state index contributed by atoms with van der Waals surface area (Å²) in [6, 6.07) is 13.6. The third kappa shape index (κ3) is 2.56. The molecule has 3 rings (SSSR count). The van der Waals surface area contributed by atoms with Crippen molar-refractivity contribution >= 4 is 16.6 Å². The van der Waals surface area contributed by atoms with Crippen LogP contribution in [0.2, 0.25) is 0 Å². The summed E-state index contributed by atoms with van der Waals surface area (Å²) < 4.78 is 0. The first-order chi connectivity index (χ1) is 10.5. The molecule has 0 amide bonds. The molecule has 0 aromatic heterocycles. The number of benzene rings is 2. The number of nitrogens with zero attached hydrogens (tertiary/aromatic N) is 1. The second-order valence-corrected chi connectivity index (χ2v) is 6.95. The Labute approximate surface area is 133 Å². The van der Waals surface area contributed by atoms with Crippen molar-refractivity contribution in [1.82, 2.24) is 4.90 Å². The molecule has 0 heterocycles. The van der Waals surface area contributed by atoms with E-state index in [4.69, 9.17) is 0 Å². The van der Waals surface area contributed by atoms with E-state index in [2.05, 4.69) is 69.0 Å². The van der Waals surface area contributed by atoms with Gasteiger partial charge in [0.25, 0.3) is 0 Å². The molecule has 0 saturated carbocycles. The van der Waals surface area contributed by atoms with Crippen LogP contribution in [0.4, 0.5) is 0 Å². The number of hydrogen-bond donors (Lipinski definition) is 0. The minimum atomic E-state index is 0.0288. The highest BCUT2D eigenvalue weighted by atomic mass is 16.1. The van der Waals surface area contributed by atoms with Gasteiger partial charge in [-0.15, -0.1) is 0 Å². The first-order valence-electron chi connectivity index (χ1n) is 8.28. The lowest BCUT2D eigenvalue weighted by molar-refractivity contribution is -0.122. The van der Waals surface area contributed by atoms with Crippen molar-refractivity contribution in [3.63, 3.8) is 0 Å². The van der Waals surface area contributed by atoms with Crippen LogP contribution in [0.5, 0.6) is 0 Å². The zero-order valence-electron chi connectivity index (χ0n) is 14.0. The fourth-order valence-electron chi connectivity index (χ4n) is 3.78. The molecule has 22 heavy (non-hydrogen) atoms. The van der Waals surface area contributed by atoms with Crippen molar-refractivity contribution in [3.05, 3.63) is 47.5 Å². The highest BCUT2D eigenvalue weighted by Gasteiger charge is 2.31. The highest BCUT2D eigenvalue weighted by molar-refractivity contribution is 5.99. The molecule has 2 aromatic carbocycles. The lowest BCUT2D eigenvalue weighted by atomic mass is 9.94. The van der Waals surface area contributed by atoms with Gasteiger partial charge in [-0.1, -0.05) is 36.4 Å². The molecule has 1 aliphatic rings. The SMILES string of the molecule is CC(C)N(CC(=O)C1Cc2cccc3cccc1c23)C(C)C. The number of ketones is 1. The zero-order chi connectivity index (χ0) is 15.9. The Morgan fingerprint density at radius 1 is 1.09 bits per heavy atom. The predicted molar refractivity (Wildman–Crippen MR) is 92.4 cm³/mol. The van der Waals surface area contributed by atoms with Crippen molar-refractivity contribution < 1.29 is 4.79 Å². The average Bonchev–Trinajstić information content (AvgIpc) is 2.85. The smallest absolute Gasteiger partial charge is 0.154 e. The van der Waals surface area contributed by atoms with Crippen molar-refractivity contribution in [2.24, 2.45) is 0 Å². The summed E-state index contributed by atoms with van der Waals surface area (Å²) in [5.41, 5.74) is 2.55. The van der Waals surface area contributed by atoms with Gasteiger partial charge in [0.1, 0.15) is 0 Å². The second kappa shape index (κ2) is 5.85. The molecule has 0 bridgehead atoms. The molecule has 1 atom stereocenters. The summed E-state index contributed by atoms with van der Waals surface area (Å²) in [5.74, 6) is 0.382. The average molecular weight is 295 g/mol. The molecular weight excluding hydrogens is 270 g/mol. The molecule has 2 heteroatoms. The fraction of sp³-hybridized carbons (Fsp3) is 0.450. The number of rotatable bonds is 5. The van der Waals surface area contributed by atoms with Gasteiger partial charge in [0.15, 0.2) is 5.78 Å². The Bertz CT molecular complexity index is 689. The summed E-state index contributed by atoms with van der Waals surface area (Å²) in [5, 5.41) is 2.57. The third-order valence-corrected chi connectivity index (χ3v) is 4.88. The van der Waals surface area contributed by atoms with E-state index in [0.29, 0.717) is 24.4 Å². The van der Waals surface area contributed by atoms with E-state index in [1.165, 1.54) is 21.9 Å². The molecule has 0 N–H and O–H groups in total. The Hall–Kier alpha value is -1.67. The van der Waals surface area contributed by atoms with Gasteiger partial charge < -0.3 is 0 Å². The Kier molecular flexibility index (Phi) is 4.05. The van der Waals surface area contributed by atoms with E-state index in [0.717, 1.165) is 6.42 Å². The number of carbonyl (C=O) groups is 1. The van der Waals surface area contributed by atoms with Gasteiger partial charge in [-0.05, 0) is 56.0 Å². The Morgan fingerprint density at radius 3 is 2.36 bits per heavy atom. The molecular formula is C20H25NO. The largest absolute Gasteiger partial charge is 0.298 e. The van der Waals surface area contributed by atoms with Crippen LogP contribution in [-0.4, -0.2) is 29.3 Å². The first-order valence-corrected chi connectivity index (χ1v) is 8.28. The van der Waals surface area contributed by atoms with Crippen LogP contribution in [0.25, 0.3) is 10.8 Å². The van der Waals surface area contributed by atoms with Crippen LogP contribution in [0.15, 0.2) is 36.4 Å². The van der Waals surface area contributed by atoms with E-state index in [-0.39, 0.29) is 5.92 Å².